The summed E-state index contributed by atoms with van der Waals surface area (Å²) in [5.41, 5.74) is 4.27. The molecule has 4 aromatic rings. The Bertz CT molecular complexity index is 1110. The van der Waals surface area contributed by atoms with Gasteiger partial charge >= 0.3 is 0 Å². The van der Waals surface area contributed by atoms with Gasteiger partial charge in [0.2, 0.25) is 0 Å². The SMILES string of the molecule is Cc1cc2ncnc(Nc3ccc(Oc4ccccc4)cc3Br)c2cc1C. The lowest BCUT2D eigenvalue weighted by molar-refractivity contribution is 0.482. The minimum atomic E-state index is 0.762. The fraction of sp³-hybridized carbons (Fsp3) is 0.0909. The summed E-state index contributed by atoms with van der Waals surface area (Å²) in [6, 6.07) is 19.8. The van der Waals surface area contributed by atoms with E-state index >= 15 is 0 Å². The van der Waals surface area contributed by atoms with E-state index in [9.17, 15) is 0 Å². The van der Waals surface area contributed by atoms with Crippen molar-refractivity contribution in [2.75, 3.05) is 5.32 Å². The molecule has 0 aliphatic heterocycles. The van der Waals surface area contributed by atoms with Crippen LogP contribution in [0, 0.1) is 13.8 Å². The topological polar surface area (TPSA) is 47.0 Å². The number of anilines is 2. The molecule has 0 fully saturated rings. The molecular formula is C22H18BrN3O. The minimum Gasteiger partial charge on any atom is -0.457 e. The summed E-state index contributed by atoms with van der Waals surface area (Å²) in [4.78, 5) is 8.82. The van der Waals surface area contributed by atoms with Crippen molar-refractivity contribution in [3.05, 3.63) is 82.6 Å². The molecule has 4 nitrogen and oxygen atoms in total. The summed E-state index contributed by atoms with van der Waals surface area (Å²) >= 11 is 3.62. The highest BCUT2D eigenvalue weighted by molar-refractivity contribution is 9.10. The number of ether oxygens (including phenoxy) is 1. The second-order valence-electron chi connectivity index (χ2n) is 6.36. The maximum Gasteiger partial charge on any atom is 0.141 e. The molecule has 27 heavy (non-hydrogen) atoms. The number of nitrogens with zero attached hydrogens (tertiary/aromatic N) is 2. The number of fused-ring (bicyclic) bond motifs is 1. The summed E-state index contributed by atoms with van der Waals surface area (Å²) in [5.74, 6) is 2.34. The summed E-state index contributed by atoms with van der Waals surface area (Å²) in [5, 5.41) is 4.40. The predicted molar refractivity (Wildman–Crippen MR) is 113 cm³/mol. The van der Waals surface area contributed by atoms with Gasteiger partial charge in [0.05, 0.1) is 11.2 Å². The molecule has 0 amide bonds. The molecule has 1 N–H and O–H groups in total. The van der Waals surface area contributed by atoms with Gasteiger partial charge in [0, 0.05) is 9.86 Å². The fourth-order valence-corrected chi connectivity index (χ4v) is 3.29. The van der Waals surface area contributed by atoms with Crippen LogP contribution < -0.4 is 10.1 Å². The van der Waals surface area contributed by atoms with Gasteiger partial charge in [-0.3, -0.25) is 0 Å². The average Bonchev–Trinajstić information content (AvgIpc) is 2.66. The van der Waals surface area contributed by atoms with E-state index in [0.717, 1.165) is 38.4 Å². The van der Waals surface area contributed by atoms with Crippen molar-refractivity contribution in [2.45, 2.75) is 13.8 Å². The summed E-state index contributed by atoms with van der Waals surface area (Å²) in [6.07, 6.45) is 1.58. The number of benzene rings is 3. The molecule has 4 rings (SSSR count). The molecule has 0 bridgehead atoms. The second kappa shape index (κ2) is 7.37. The number of hydrogen-bond acceptors (Lipinski definition) is 4. The van der Waals surface area contributed by atoms with Gasteiger partial charge in [0.1, 0.15) is 23.6 Å². The maximum atomic E-state index is 5.88. The molecule has 0 aliphatic carbocycles. The lowest BCUT2D eigenvalue weighted by Gasteiger charge is -2.13. The van der Waals surface area contributed by atoms with Crippen molar-refractivity contribution in [2.24, 2.45) is 0 Å². The molecule has 0 unspecified atom stereocenters. The van der Waals surface area contributed by atoms with Crippen LogP contribution in [0.4, 0.5) is 11.5 Å². The molecule has 0 radical (unpaired) electrons. The smallest absolute Gasteiger partial charge is 0.141 e. The van der Waals surface area contributed by atoms with Crippen LogP contribution in [0.2, 0.25) is 0 Å². The third-order valence-electron chi connectivity index (χ3n) is 4.42. The molecule has 1 heterocycles. The van der Waals surface area contributed by atoms with Crippen LogP contribution in [0.3, 0.4) is 0 Å². The van der Waals surface area contributed by atoms with Crippen molar-refractivity contribution in [3.63, 3.8) is 0 Å². The van der Waals surface area contributed by atoms with Gasteiger partial charge in [-0.1, -0.05) is 18.2 Å². The number of halogens is 1. The molecule has 0 spiro atoms. The largest absolute Gasteiger partial charge is 0.457 e. The molecule has 134 valence electrons. The Balaban J connectivity index is 1.63. The quantitative estimate of drug-likeness (QED) is 0.407. The first-order valence-corrected chi connectivity index (χ1v) is 9.41. The van der Waals surface area contributed by atoms with Crippen LogP contribution >= 0.6 is 15.9 Å². The van der Waals surface area contributed by atoms with Crippen LogP contribution in [-0.2, 0) is 0 Å². The van der Waals surface area contributed by atoms with Crippen LogP contribution in [0.15, 0.2) is 71.5 Å². The first-order chi connectivity index (χ1) is 13.1. The molecule has 5 heteroatoms. The Kier molecular flexibility index (Phi) is 4.77. The van der Waals surface area contributed by atoms with Gasteiger partial charge in [-0.05, 0) is 83.4 Å². The molecule has 1 aromatic heterocycles. The van der Waals surface area contributed by atoms with Crippen molar-refractivity contribution in [1.82, 2.24) is 9.97 Å². The van der Waals surface area contributed by atoms with Gasteiger partial charge in [-0.2, -0.15) is 0 Å². The predicted octanol–water partition coefficient (Wildman–Crippen LogP) is 6.55. The molecule has 0 saturated heterocycles. The van der Waals surface area contributed by atoms with E-state index in [1.54, 1.807) is 6.33 Å². The van der Waals surface area contributed by atoms with Crippen LogP contribution in [-0.4, -0.2) is 9.97 Å². The highest BCUT2D eigenvalue weighted by Crippen LogP contribution is 2.33. The van der Waals surface area contributed by atoms with E-state index in [0.29, 0.717) is 0 Å². The molecule has 0 atom stereocenters. The van der Waals surface area contributed by atoms with Crippen molar-refractivity contribution in [1.29, 1.82) is 0 Å². The first kappa shape index (κ1) is 17.5. The van der Waals surface area contributed by atoms with Gasteiger partial charge in [-0.15, -0.1) is 0 Å². The maximum absolute atomic E-state index is 5.88. The van der Waals surface area contributed by atoms with Crippen LogP contribution in [0.25, 0.3) is 10.9 Å². The highest BCUT2D eigenvalue weighted by atomic mass is 79.9. The Morgan fingerprint density at radius 1 is 0.852 bits per heavy atom. The summed E-state index contributed by atoms with van der Waals surface area (Å²) in [6.45, 7) is 4.18. The normalized spacial score (nSPS) is 10.8. The number of nitrogens with one attached hydrogen (secondary N) is 1. The molecular weight excluding hydrogens is 402 g/mol. The Hall–Kier alpha value is -2.92. The van der Waals surface area contributed by atoms with Gasteiger partial charge < -0.3 is 10.1 Å². The Morgan fingerprint density at radius 2 is 1.63 bits per heavy atom. The van der Waals surface area contributed by atoms with E-state index in [1.807, 2.05) is 48.5 Å². The van der Waals surface area contributed by atoms with Crippen molar-refractivity contribution >= 4 is 38.3 Å². The molecule has 0 aliphatic rings. The third kappa shape index (κ3) is 3.78. The van der Waals surface area contributed by atoms with Gasteiger partial charge in [0.15, 0.2) is 0 Å². The Morgan fingerprint density at radius 3 is 2.41 bits per heavy atom. The third-order valence-corrected chi connectivity index (χ3v) is 5.08. The fourth-order valence-electron chi connectivity index (χ4n) is 2.83. The number of hydrogen-bond donors (Lipinski definition) is 1. The molecule has 3 aromatic carbocycles. The number of rotatable bonds is 4. The first-order valence-electron chi connectivity index (χ1n) is 8.61. The van der Waals surface area contributed by atoms with Gasteiger partial charge in [0.25, 0.3) is 0 Å². The zero-order valence-electron chi connectivity index (χ0n) is 15.0. The minimum absolute atomic E-state index is 0.762. The lowest BCUT2D eigenvalue weighted by atomic mass is 10.1. The number of aryl methyl sites for hydroxylation is 2. The lowest BCUT2D eigenvalue weighted by Crippen LogP contribution is -1.98. The van der Waals surface area contributed by atoms with Crippen molar-refractivity contribution in [3.8, 4) is 11.5 Å². The molecule has 0 saturated carbocycles. The van der Waals surface area contributed by atoms with E-state index in [-0.39, 0.29) is 0 Å². The highest BCUT2D eigenvalue weighted by Gasteiger charge is 2.09. The van der Waals surface area contributed by atoms with Crippen LogP contribution in [0.1, 0.15) is 11.1 Å². The second-order valence-corrected chi connectivity index (χ2v) is 7.21. The number of aromatic nitrogens is 2. The van der Waals surface area contributed by atoms with Crippen molar-refractivity contribution < 1.29 is 4.74 Å². The standard InChI is InChI=1S/C22H18BrN3O/c1-14-10-18-21(11-15(14)2)24-13-25-22(18)26-20-9-8-17(12-19(20)23)27-16-6-4-3-5-7-16/h3-13H,1-2H3,(H,24,25,26). The van der Waals surface area contributed by atoms with E-state index in [4.69, 9.17) is 4.74 Å². The van der Waals surface area contributed by atoms with E-state index in [2.05, 4.69) is 57.2 Å². The number of para-hydroxylation sites is 1. The zero-order valence-corrected chi connectivity index (χ0v) is 16.6. The zero-order chi connectivity index (χ0) is 18.8. The average molecular weight is 420 g/mol. The van der Waals surface area contributed by atoms with E-state index in [1.165, 1.54) is 11.1 Å². The summed E-state index contributed by atoms with van der Waals surface area (Å²) < 4.78 is 6.78. The summed E-state index contributed by atoms with van der Waals surface area (Å²) in [7, 11) is 0. The monoisotopic (exact) mass is 419 g/mol. The Labute approximate surface area is 166 Å². The van der Waals surface area contributed by atoms with Gasteiger partial charge in [-0.25, -0.2) is 9.97 Å². The van der Waals surface area contributed by atoms with E-state index < -0.39 is 0 Å². The van der Waals surface area contributed by atoms with Crippen LogP contribution in [0.5, 0.6) is 11.5 Å².